The molecule has 13 heteroatoms. The summed E-state index contributed by atoms with van der Waals surface area (Å²) in [6.45, 7) is 0.233. The van der Waals surface area contributed by atoms with Gasteiger partial charge in [0.2, 0.25) is 5.95 Å². The number of anilines is 2. The lowest BCUT2D eigenvalue weighted by molar-refractivity contribution is -0.144. The molecule has 182 valence electrons. The van der Waals surface area contributed by atoms with Gasteiger partial charge < -0.3 is 26.6 Å². The third-order valence-corrected chi connectivity index (χ3v) is 5.71. The molecule has 2 aromatic heterocycles. The molecule has 1 aromatic carbocycles. The summed E-state index contributed by atoms with van der Waals surface area (Å²) in [5.74, 6) is -3.84. The number of aromatic amines is 1. The highest BCUT2D eigenvalue weighted by Crippen LogP contribution is 2.39. The van der Waals surface area contributed by atoms with Gasteiger partial charge in [0.25, 0.3) is 11.5 Å². The molecule has 0 aliphatic heterocycles. The van der Waals surface area contributed by atoms with Crippen molar-refractivity contribution in [1.29, 1.82) is 0 Å². The number of amides is 1. The Morgan fingerprint density at radius 3 is 2.46 bits per heavy atom. The van der Waals surface area contributed by atoms with Gasteiger partial charge in [-0.3, -0.25) is 19.4 Å². The van der Waals surface area contributed by atoms with Crippen molar-refractivity contribution in [3.05, 3.63) is 52.1 Å². The number of nitrogens with two attached hydrogens (primary N) is 1. The van der Waals surface area contributed by atoms with Crippen LogP contribution in [0, 0.1) is 11.8 Å². The number of aliphatic carboxylic acids is 2. The fourth-order valence-corrected chi connectivity index (χ4v) is 3.70. The van der Waals surface area contributed by atoms with E-state index in [9.17, 15) is 29.4 Å². The van der Waals surface area contributed by atoms with Crippen molar-refractivity contribution in [2.75, 3.05) is 11.1 Å². The van der Waals surface area contributed by atoms with Gasteiger partial charge in [-0.1, -0.05) is 0 Å². The molecule has 4 rings (SSSR count). The monoisotopic (exact) mass is 481 g/mol. The standard InChI is InChI=1S/C22H23N7O6/c23-22-28-17-16(19(31)29-22)26-13(9-25-17)8-24-12-5-3-11(4-6-12)18(30)27-15(21(34)35)7-14(20(32)33)10-1-2-10/h3-6,9-10,14-15,24H,1-2,7-8H2,(H,27,30)(H,32,33)(H,34,35)(H3,23,25,28,29,31)/t14?,15-/m0/s1. The maximum absolute atomic E-state index is 12.6. The highest BCUT2D eigenvalue weighted by Gasteiger charge is 2.39. The van der Waals surface area contributed by atoms with E-state index >= 15 is 0 Å². The summed E-state index contributed by atoms with van der Waals surface area (Å²) in [4.78, 5) is 62.2. The second kappa shape index (κ2) is 9.75. The lowest BCUT2D eigenvalue weighted by atomic mass is 9.95. The highest BCUT2D eigenvalue weighted by molar-refractivity contribution is 5.97. The van der Waals surface area contributed by atoms with Crippen LogP contribution in [0.15, 0.2) is 35.3 Å². The molecule has 13 nitrogen and oxygen atoms in total. The van der Waals surface area contributed by atoms with E-state index in [1.807, 2.05) is 0 Å². The van der Waals surface area contributed by atoms with Crippen LogP contribution >= 0.6 is 0 Å². The van der Waals surface area contributed by atoms with Crippen molar-refractivity contribution in [3.8, 4) is 0 Å². The minimum atomic E-state index is -1.30. The van der Waals surface area contributed by atoms with Gasteiger partial charge in [0.1, 0.15) is 6.04 Å². The molecule has 1 amide bonds. The molecular formula is C22H23N7O6. The second-order valence-corrected chi connectivity index (χ2v) is 8.30. The number of carboxylic acids is 2. The van der Waals surface area contributed by atoms with Gasteiger partial charge in [0.05, 0.1) is 24.4 Å². The van der Waals surface area contributed by atoms with Crippen LogP contribution < -0.4 is 21.9 Å². The number of fused-ring (bicyclic) bond motifs is 1. The summed E-state index contributed by atoms with van der Waals surface area (Å²) in [5.41, 5.74) is 6.53. The van der Waals surface area contributed by atoms with Gasteiger partial charge in [-0.15, -0.1) is 0 Å². The molecule has 1 saturated carbocycles. The van der Waals surface area contributed by atoms with Crippen molar-refractivity contribution in [2.45, 2.75) is 31.8 Å². The highest BCUT2D eigenvalue weighted by atomic mass is 16.4. The number of carbonyl (C=O) groups excluding carboxylic acids is 1. The van der Waals surface area contributed by atoms with Crippen LogP contribution in [-0.2, 0) is 16.1 Å². The molecule has 0 spiro atoms. The number of H-pyrrole nitrogens is 1. The fraction of sp³-hybridized carbons (Fsp3) is 0.318. The molecule has 1 fully saturated rings. The quantitative estimate of drug-likeness (QED) is 0.236. The molecule has 1 aliphatic carbocycles. The largest absolute Gasteiger partial charge is 0.481 e. The maximum atomic E-state index is 12.6. The third-order valence-electron chi connectivity index (χ3n) is 5.71. The first-order chi connectivity index (χ1) is 16.7. The normalized spacial score (nSPS) is 14.7. The van der Waals surface area contributed by atoms with Crippen LogP contribution in [0.1, 0.15) is 35.3 Å². The number of aromatic nitrogens is 4. The number of nitrogens with one attached hydrogen (secondary N) is 3. The Bertz CT molecular complexity index is 1340. The smallest absolute Gasteiger partial charge is 0.326 e. The number of nitrogens with zero attached hydrogens (tertiary/aromatic N) is 3. The van der Waals surface area contributed by atoms with Gasteiger partial charge in [-0.05, 0) is 49.4 Å². The molecule has 2 atom stereocenters. The zero-order valence-corrected chi connectivity index (χ0v) is 18.4. The van der Waals surface area contributed by atoms with E-state index in [0.717, 1.165) is 12.8 Å². The Morgan fingerprint density at radius 1 is 1.11 bits per heavy atom. The Kier molecular flexibility index (Phi) is 6.57. The molecule has 3 aromatic rings. The lowest BCUT2D eigenvalue weighted by Crippen LogP contribution is -2.43. The van der Waals surface area contributed by atoms with Gasteiger partial charge in [0, 0.05) is 11.3 Å². The van der Waals surface area contributed by atoms with E-state index in [-0.39, 0.29) is 41.6 Å². The van der Waals surface area contributed by atoms with Gasteiger partial charge in [-0.25, -0.2) is 14.8 Å². The number of carboxylic acid groups (broad SMARTS) is 2. The maximum Gasteiger partial charge on any atom is 0.326 e. The summed E-state index contributed by atoms with van der Waals surface area (Å²) in [7, 11) is 0. The Labute approximate surface area is 197 Å². The zero-order valence-electron chi connectivity index (χ0n) is 18.4. The van der Waals surface area contributed by atoms with E-state index in [2.05, 4.69) is 30.6 Å². The second-order valence-electron chi connectivity index (χ2n) is 8.30. The summed E-state index contributed by atoms with van der Waals surface area (Å²) in [6, 6.07) is 4.96. The van der Waals surface area contributed by atoms with Crippen molar-refractivity contribution in [3.63, 3.8) is 0 Å². The van der Waals surface area contributed by atoms with Crippen LogP contribution in [0.2, 0.25) is 0 Å². The SMILES string of the molecule is Nc1nc2ncc(CNc3ccc(C(=O)N[C@@H](CC(C(=O)O)C4CC4)C(=O)O)cc3)nc2c(=O)[nH]1. The molecule has 35 heavy (non-hydrogen) atoms. The molecular weight excluding hydrogens is 458 g/mol. The van der Waals surface area contributed by atoms with E-state index in [1.54, 1.807) is 12.1 Å². The number of hydrogen-bond donors (Lipinski definition) is 6. The van der Waals surface area contributed by atoms with Gasteiger partial charge in [-0.2, -0.15) is 4.98 Å². The molecule has 0 bridgehead atoms. The van der Waals surface area contributed by atoms with Gasteiger partial charge >= 0.3 is 11.9 Å². The molecule has 0 saturated heterocycles. The van der Waals surface area contributed by atoms with Crippen molar-refractivity contribution < 1.29 is 24.6 Å². The number of rotatable bonds is 10. The Morgan fingerprint density at radius 2 is 1.83 bits per heavy atom. The van der Waals surface area contributed by atoms with Crippen LogP contribution in [-0.4, -0.2) is 54.0 Å². The summed E-state index contributed by atoms with van der Waals surface area (Å²) < 4.78 is 0. The van der Waals surface area contributed by atoms with Gasteiger partial charge in [0.15, 0.2) is 11.2 Å². The molecule has 1 unspecified atom stereocenters. The van der Waals surface area contributed by atoms with E-state index in [1.165, 1.54) is 18.3 Å². The first-order valence-corrected chi connectivity index (χ1v) is 10.8. The van der Waals surface area contributed by atoms with E-state index in [0.29, 0.717) is 11.4 Å². The topological polar surface area (TPSA) is 213 Å². The minimum absolute atomic E-state index is 0.0448. The summed E-state index contributed by atoms with van der Waals surface area (Å²) in [5, 5.41) is 24.3. The Balaban J connectivity index is 1.37. The number of benzene rings is 1. The third kappa shape index (κ3) is 5.69. The summed E-state index contributed by atoms with van der Waals surface area (Å²) in [6.07, 6.45) is 2.79. The van der Waals surface area contributed by atoms with Crippen molar-refractivity contribution in [2.24, 2.45) is 11.8 Å². The fourth-order valence-electron chi connectivity index (χ4n) is 3.70. The average molecular weight is 481 g/mol. The molecule has 7 N–H and O–H groups in total. The molecule has 2 heterocycles. The van der Waals surface area contributed by atoms with E-state index < -0.39 is 35.4 Å². The number of nitrogen functional groups attached to an aromatic ring is 1. The first kappa shape index (κ1) is 23.6. The Hall–Kier alpha value is -4.55. The van der Waals surface area contributed by atoms with Crippen LogP contribution in [0.5, 0.6) is 0 Å². The lowest BCUT2D eigenvalue weighted by Gasteiger charge is -2.19. The first-order valence-electron chi connectivity index (χ1n) is 10.8. The summed E-state index contributed by atoms with van der Waals surface area (Å²) >= 11 is 0. The molecule has 0 radical (unpaired) electrons. The zero-order chi connectivity index (χ0) is 25.1. The van der Waals surface area contributed by atoms with Crippen LogP contribution in [0.3, 0.4) is 0 Å². The minimum Gasteiger partial charge on any atom is -0.481 e. The molecule has 1 aliphatic rings. The van der Waals surface area contributed by atoms with Crippen LogP contribution in [0.4, 0.5) is 11.6 Å². The number of hydrogen-bond acceptors (Lipinski definition) is 9. The number of carbonyl (C=O) groups is 3. The predicted molar refractivity (Wildman–Crippen MR) is 123 cm³/mol. The average Bonchev–Trinajstić information content (AvgIpc) is 3.65. The predicted octanol–water partition coefficient (Wildman–Crippen LogP) is 0.591. The van der Waals surface area contributed by atoms with Crippen molar-refractivity contribution in [1.82, 2.24) is 25.3 Å². The van der Waals surface area contributed by atoms with Crippen molar-refractivity contribution >= 4 is 40.6 Å². The van der Waals surface area contributed by atoms with Crippen LogP contribution in [0.25, 0.3) is 11.2 Å². The van der Waals surface area contributed by atoms with E-state index in [4.69, 9.17) is 5.73 Å².